The van der Waals surface area contributed by atoms with Crippen LogP contribution in [-0.2, 0) is 4.79 Å². The zero-order chi connectivity index (χ0) is 20.8. The van der Waals surface area contributed by atoms with Gasteiger partial charge >= 0.3 is 0 Å². The van der Waals surface area contributed by atoms with E-state index in [1.807, 2.05) is 37.4 Å². The summed E-state index contributed by atoms with van der Waals surface area (Å²) in [6.07, 6.45) is 2.14. The minimum atomic E-state index is -0.113. The highest BCUT2D eigenvalue weighted by Gasteiger charge is 2.25. The molecule has 29 heavy (non-hydrogen) atoms. The molecule has 1 fully saturated rings. The van der Waals surface area contributed by atoms with Crippen LogP contribution in [-0.4, -0.2) is 71.4 Å². The van der Waals surface area contributed by atoms with Crippen LogP contribution in [0.15, 0.2) is 36.4 Å². The maximum Gasteiger partial charge on any atom is 0.272 e. The van der Waals surface area contributed by atoms with E-state index >= 15 is 0 Å². The average molecular weight is 396 g/mol. The number of nitrogens with zero attached hydrogens (tertiary/aromatic N) is 5. The number of benzene rings is 1. The predicted molar refractivity (Wildman–Crippen MR) is 114 cm³/mol. The monoisotopic (exact) mass is 395 g/mol. The van der Waals surface area contributed by atoms with E-state index in [1.54, 1.807) is 22.8 Å². The normalized spacial score (nSPS) is 14.0. The van der Waals surface area contributed by atoms with Crippen LogP contribution in [0.3, 0.4) is 0 Å². The molecule has 7 heteroatoms. The van der Waals surface area contributed by atoms with Gasteiger partial charge in [-0.1, -0.05) is 43.7 Å². The minimum Gasteiger partial charge on any atom is -0.360 e. The van der Waals surface area contributed by atoms with Crippen molar-refractivity contribution in [3.8, 4) is 11.4 Å². The lowest BCUT2D eigenvalue weighted by Gasteiger charge is -2.34. The number of amides is 2. The molecule has 0 spiro atoms. The van der Waals surface area contributed by atoms with Crippen LogP contribution in [0, 0.1) is 0 Å². The number of carbonyl (C=O) groups is 2. The molecule has 0 N–H and O–H groups in total. The van der Waals surface area contributed by atoms with Crippen molar-refractivity contribution in [2.45, 2.75) is 26.7 Å². The van der Waals surface area contributed by atoms with E-state index in [1.165, 1.54) is 0 Å². The maximum atomic E-state index is 13.2. The van der Waals surface area contributed by atoms with Crippen molar-refractivity contribution in [3.63, 3.8) is 0 Å². The van der Waals surface area contributed by atoms with E-state index in [9.17, 15) is 9.59 Å². The summed E-state index contributed by atoms with van der Waals surface area (Å²) < 4.78 is 0. The second kappa shape index (κ2) is 9.49. The van der Waals surface area contributed by atoms with Gasteiger partial charge in [-0.25, -0.2) is 9.97 Å². The molecule has 0 aliphatic carbocycles. The van der Waals surface area contributed by atoms with Crippen LogP contribution >= 0.6 is 0 Å². The van der Waals surface area contributed by atoms with Crippen LogP contribution in [0.1, 0.15) is 37.2 Å². The van der Waals surface area contributed by atoms with Crippen molar-refractivity contribution in [2.24, 2.45) is 0 Å². The van der Waals surface area contributed by atoms with Gasteiger partial charge < -0.3 is 14.7 Å². The van der Waals surface area contributed by atoms with Crippen LogP contribution in [0.5, 0.6) is 0 Å². The summed E-state index contributed by atoms with van der Waals surface area (Å²) in [6.45, 7) is 6.73. The third kappa shape index (κ3) is 5.10. The third-order valence-corrected chi connectivity index (χ3v) is 5.21. The molecular weight excluding hydrogens is 366 g/mol. The maximum absolute atomic E-state index is 13.2. The van der Waals surface area contributed by atoms with Crippen molar-refractivity contribution in [2.75, 3.05) is 44.7 Å². The number of hydrogen-bond donors (Lipinski definition) is 0. The van der Waals surface area contributed by atoms with Crippen molar-refractivity contribution >= 4 is 17.6 Å². The summed E-state index contributed by atoms with van der Waals surface area (Å²) in [5.74, 6) is 1.23. The van der Waals surface area contributed by atoms with E-state index in [0.29, 0.717) is 37.7 Å². The van der Waals surface area contributed by atoms with Gasteiger partial charge in [0.2, 0.25) is 5.91 Å². The predicted octanol–water partition coefficient (Wildman–Crippen LogP) is 2.68. The highest BCUT2D eigenvalue weighted by molar-refractivity contribution is 5.93. The molecule has 7 nitrogen and oxygen atoms in total. The van der Waals surface area contributed by atoms with Gasteiger partial charge in [0.15, 0.2) is 5.82 Å². The number of unbranched alkanes of at least 4 members (excludes halogenated alkanes) is 1. The van der Waals surface area contributed by atoms with Crippen molar-refractivity contribution < 1.29 is 9.59 Å². The van der Waals surface area contributed by atoms with E-state index < -0.39 is 0 Å². The number of piperazine rings is 1. The van der Waals surface area contributed by atoms with Gasteiger partial charge in [-0.15, -0.1) is 0 Å². The van der Waals surface area contributed by atoms with Crippen LogP contribution < -0.4 is 4.90 Å². The molecule has 1 aromatic carbocycles. The summed E-state index contributed by atoms with van der Waals surface area (Å²) in [7, 11) is 1.99. The van der Waals surface area contributed by atoms with Gasteiger partial charge in [-0.2, -0.15) is 0 Å². The van der Waals surface area contributed by atoms with Crippen molar-refractivity contribution in [3.05, 3.63) is 42.1 Å². The topological polar surface area (TPSA) is 69.6 Å². The molecule has 3 rings (SSSR count). The second-order valence-electron chi connectivity index (χ2n) is 7.37. The van der Waals surface area contributed by atoms with Crippen LogP contribution in [0.4, 0.5) is 5.82 Å². The van der Waals surface area contributed by atoms with E-state index in [4.69, 9.17) is 4.98 Å². The molecule has 1 aliphatic heterocycles. The number of hydrogen-bond acceptors (Lipinski definition) is 5. The lowest BCUT2D eigenvalue weighted by atomic mass is 10.2. The van der Waals surface area contributed by atoms with Gasteiger partial charge in [0.05, 0.1) is 0 Å². The molecule has 0 atom stereocenters. The fourth-order valence-electron chi connectivity index (χ4n) is 3.35. The SMILES string of the molecule is CCCCN(C)c1cc(C(=O)N2CCN(C(C)=O)CC2)nc(-c2ccccc2)n1. The first-order valence-electron chi connectivity index (χ1n) is 10.2. The Morgan fingerprint density at radius 1 is 1.03 bits per heavy atom. The zero-order valence-corrected chi connectivity index (χ0v) is 17.5. The quantitative estimate of drug-likeness (QED) is 0.752. The Morgan fingerprint density at radius 2 is 1.69 bits per heavy atom. The number of anilines is 1. The zero-order valence-electron chi connectivity index (χ0n) is 17.5. The summed E-state index contributed by atoms with van der Waals surface area (Å²) in [6, 6.07) is 11.5. The number of carbonyl (C=O) groups excluding carboxylic acids is 2. The Balaban J connectivity index is 1.88. The van der Waals surface area contributed by atoms with E-state index in [0.717, 1.165) is 30.8 Å². The molecule has 2 heterocycles. The first-order valence-corrected chi connectivity index (χ1v) is 10.2. The summed E-state index contributed by atoms with van der Waals surface area (Å²) in [4.78, 5) is 39.6. The number of rotatable bonds is 6. The van der Waals surface area contributed by atoms with Crippen molar-refractivity contribution in [1.29, 1.82) is 0 Å². The van der Waals surface area contributed by atoms with Crippen LogP contribution in [0.2, 0.25) is 0 Å². The second-order valence-corrected chi connectivity index (χ2v) is 7.37. The molecule has 0 bridgehead atoms. The lowest BCUT2D eigenvalue weighted by Crippen LogP contribution is -2.50. The van der Waals surface area contributed by atoms with Gasteiger partial charge in [-0.05, 0) is 6.42 Å². The van der Waals surface area contributed by atoms with Gasteiger partial charge in [-0.3, -0.25) is 9.59 Å². The molecule has 1 aromatic heterocycles. The van der Waals surface area contributed by atoms with Gasteiger partial charge in [0, 0.05) is 58.3 Å². The molecule has 1 aliphatic rings. The average Bonchev–Trinajstić information content (AvgIpc) is 2.77. The molecule has 1 saturated heterocycles. The van der Waals surface area contributed by atoms with Crippen LogP contribution in [0.25, 0.3) is 11.4 Å². The molecule has 0 saturated carbocycles. The van der Waals surface area contributed by atoms with E-state index in [-0.39, 0.29) is 11.8 Å². The Bertz CT molecular complexity index is 848. The molecule has 154 valence electrons. The lowest BCUT2D eigenvalue weighted by molar-refractivity contribution is -0.130. The summed E-state index contributed by atoms with van der Waals surface area (Å²) in [5.41, 5.74) is 1.28. The molecule has 2 amide bonds. The van der Waals surface area contributed by atoms with Gasteiger partial charge in [0.25, 0.3) is 5.91 Å². The highest BCUT2D eigenvalue weighted by Crippen LogP contribution is 2.21. The Kier molecular flexibility index (Phi) is 6.80. The van der Waals surface area contributed by atoms with E-state index in [2.05, 4.69) is 16.8 Å². The standard InChI is InChI=1S/C22H29N5O2/c1-4-5-11-25(3)20-16-19(23-21(24-20)18-9-7-6-8-10-18)22(29)27-14-12-26(13-15-27)17(2)28/h6-10,16H,4-5,11-15H2,1-3H3. The Labute approximate surface area is 172 Å². The fourth-order valence-corrected chi connectivity index (χ4v) is 3.35. The number of aromatic nitrogens is 2. The highest BCUT2D eigenvalue weighted by atomic mass is 16.2. The Hall–Kier alpha value is -2.96. The molecular formula is C22H29N5O2. The smallest absolute Gasteiger partial charge is 0.272 e. The third-order valence-electron chi connectivity index (χ3n) is 5.21. The molecule has 0 radical (unpaired) electrons. The first-order chi connectivity index (χ1) is 14.0. The Morgan fingerprint density at radius 3 is 2.31 bits per heavy atom. The first kappa shape index (κ1) is 20.8. The minimum absolute atomic E-state index is 0.0466. The summed E-state index contributed by atoms with van der Waals surface area (Å²) >= 11 is 0. The van der Waals surface area contributed by atoms with Gasteiger partial charge in [0.1, 0.15) is 11.5 Å². The fraction of sp³-hybridized carbons (Fsp3) is 0.455. The molecule has 0 unspecified atom stereocenters. The summed E-state index contributed by atoms with van der Waals surface area (Å²) in [5, 5.41) is 0. The largest absolute Gasteiger partial charge is 0.360 e. The molecule has 2 aromatic rings. The van der Waals surface area contributed by atoms with Crippen molar-refractivity contribution in [1.82, 2.24) is 19.8 Å².